The predicted molar refractivity (Wildman–Crippen MR) is 63.2 cm³/mol. The van der Waals surface area contributed by atoms with E-state index >= 15 is 0 Å². The molecule has 1 aromatic rings. The summed E-state index contributed by atoms with van der Waals surface area (Å²) in [4.78, 5) is 0. The summed E-state index contributed by atoms with van der Waals surface area (Å²) < 4.78 is 0. The average molecular weight is 189 g/mol. The molecule has 1 nitrogen and oxygen atoms in total. The summed E-state index contributed by atoms with van der Waals surface area (Å²) in [7, 11) is 0. The molecule has 1 aromatic carbocycles. The fourth-order valence-electron chi connectivity index (χ4n) is 1.46. The molecule has 0 radical (unpaired) electrons. The molecule has 0 aliphatic rings. The molecule has 1 heteroatoms. The number of rotatable bonds is 3. The van der Waals surface area contributed by atoms with E-state index in [1.807, 2.05) is 0 Å². The fourth-order valence-corrected chi connectivity index (χ4v) is 1.46. The van der Waals surface area contributed by atoms with Crippen LogP contribution in [0.3, 0.4) is 0 Å². The Morgan fingerprint density at radius 1 is 1.36 bits per heavy atom. The minimum Gasteiger partial charge on any atom is -0.327 e. The molecule has 1 rings (SSSR count). The van der Waals surface area contributed by atoms with E-state index in [0.29, 0.717) is 6.54 Å². The van der Waals surface area contributed by atoms with E-state index in [2.05, 4.69) is 45.0 Å². The first kappa shape index (κ1) is 11.0. The summed E-state index contributed by atoms with van der Waals surface area (Å²) in [6.45, 7) is 7.10. The van der Waals surface area contributed by atoms with Crippen molar-refractivity contribution in [2.45, 2.75) is 27.2 Å². The summed E-state index contributed by atoms with van der Waals surface area (Å²) in [6, 6.07) is 6.38. The zero-order chi connectivity index (χ0) is 10.6. The third-order valence-corrected chi connectivity index (χ3v) is 2.72. The summed E-state index contributed by atoms with van der Waals surface area (Å²) in [5, 5.41) is 0. The van der Waals surface area contributed by atoms with E-state index < -0.39 is 0 Å². The van der Waals surface area contributed by atoms with Gasteiger partial charge in [-0.25, -0.2) is 0 Å². The second-order valence-electron chi connectivity index (χ2n) is 3.65. The van der Waals surface area contributed by atoms with Gasteiger partial charge in [-0.3, -0.25) is 0 Å². The molecule has 0 saturated carbocycles. The highest BCUT2D eigenvalue weighted by Gasteiger charge is 1.98. The molecule has 0 fully saturated rings. The standard InChI is InChI=1S/C13H19N/c1-4-12(9-14)8-13-7-5-6-10(2)11(13)3/h5-8H,4,9,14H2,1-3H3. The number of benzene rings is 1. The number of hydrogen-bond acceptors (Lipinski definition) is 1. The second kappa shape index (κ2) is 4.97. The van der Waals surface area contributed by atoms with Gasteiger partial charge >= 0.3 is 0 Å². The van der Waals surface area contributed by atoms with Gasteiger partial charge in [-0.05, 0) is 37.0 Å². The molecule has 0 atom stereocenters. The Hall–Kier alpha value is -1.08. The van der Waals surface area contributed by atoms with Crippen LogP contribution in [0.2, 0.25) is 0 Å². The van der Waals surface area contributed by atoms with E-state index in [1.165, 1.54) is 22.3 Å². The van der Waals surface area contributed by atoms with Crippen molar-refractivity contribution < 1.29 is 0 Å². The van der Waals surface area contributed by atoms with E-state index in [1.54, 1.807) is 0 Å². The van der Waals surface area contributed by atoms with Crippen LogP contribution in [0.5, 0.6) is 0 Å². The number of aryl methyl sites for hydroxylation is 1. The molecule has 0 bridgehead atoms. The Bertz CT molecular complexity index is 331. The summed E-state index contributed by atoms with van der Waals surface area (Å²) >= 11 is 0. The van der Waals surface area contributed by atoms with Crippen LogP contribution in [-0.4, -0.2) is 6.54 Å². The fraction of sp³-hybridized carbons (Fsp3) is 0.385. The van der Waals surface area contributed by atoms with Gasteiger partial charge in [-0.15, -0.1) is 0 Å². The predicted octanol–water partition coefficient (Wildman–Crippen LogP) is 3.06. The first-order valence-electron chi connectivity index (χ1n) is 5.14. The van der Waals surface area contributed by atoms with Crippen LogP contribution in [0.1, 0.15) is 30.0 Å². The lowest BCUT2D eigenvalue weighted by atomic mass is 10.0. The first-order valence-corrected chi connectivity index (χ1v) is 5.14. The van der Waals surface area contributed by atoms with Gasteiger partial charge in [0.05, 0.1) is 0 Å². The third kappa shape index (κ3) is 2.46. The van der Waals surface area contributed by atoms with Gasteiger partial charge in [-0.1, -0.05) is 36.8 Å². The highest BCUT2D eigenvalue weighted by molar-refractivity contribution is 5.58. The van der Waals surface area contributed by atoms with Gasteiger partial charge in [0.25, 0.3) is 0 Å². The van der Waals surface area contributed by atoms with Crippen LogP contribution in [0.15, 0.2) is 23.8 Å². The maximum atomic E-state index is 5.65. The molecular weight excluding hydrogens is 170 g/mol. The van der Waals surface area contributed by atoms with Crippen LogP contribution in [-0.2, 0) is 0 Å². The van der Waals surface area contributed by atoms with Gasteiger partial charge in [0.15, 0.2) is 0 Å². The van der Waals surface area contributed by atoms with Gasteiger partial charge < -0.3 is 5.73 Å². The minimum atomic E-state index is 0.657. The van der Waals surface area contributed by atoms with Crippen molar-refractivity contribution in [2.24, 2.45) is 5.73 Å². The molecule has 14 heavy (non-hydrogen) atoms. The summed E-state index contributed by atoms with van der Waals surface area (Å²) in [5.41, 5.74) is 10.9. The molecule has 0 heterocycles. The van der Waals surface area contributed by atoms with Crippen LogP contribution >= 0.6 is 0 Å². The molecule has 0 aromatic heterocycles. The van der Waals surface area contributed by atoms with E-state index in [-0.39, 0.29) is 0 Å². The minimum absolute atomic E-state index is 0.657. The molecular formula is C13H19N. The van der Waals surface area contributed by atoms with Crippen LogP contribution in [0.25, 0.3) is 6.08 Å². The maximum Gasteiger partial charge on any atom is 0.0140 e. The third-order valence-electron chi connectivity index (χ3n) is 2.72. The van der Waals surface area contributed by atoms with Gasteiger partial charge in [0.1, 0.15) is 0 Å². The zero-order valence-electron chi connectivity index (χ0n) is 9.30. The lowest BCUT2D eigenvalue weighted by molar-refractivity contribution is 1.02. The normalized spacial score (nSPS) is 11.9. The Kier molecular flexibility index (Phi) is 3.90. The highest BCUT2D eigenvalue weighted by Crippen LogP contribution is 2.16. The highest BCUT2D eigenvalue weighted by atomic mass is 14.5. The average Bonchev–Trinajstić information content (AvgIpc) is 2.20. The zero-order valence-corrected chi connectivity index (χ0v) is 9.30. The Labute approximate surface area is 86.6 Å². The van der Waals surface area contributed by atoms with Crippen LogP contribution in [0, 0.1) is 13.8 Å². The molecule has 0 amide bonds. The molecule has 0 aliphatic carbocycles. The Morgan fingerprint density at radius 3 is 2.64 bits per heavy atom. The maximum absolute atomic E-state index is 5.65. The van der Waals surface area contributed by atoms with Crippen molar-refractivity contribution in [3.05, 3.63) is 40.5 Å². The van der Waals surface area contributed by atoms with Gasteiger partial charge in [-0.2, -0.15) is 0 Å². The van der Waals surface area contributed by atoms with Crippen molar-refractivity contribution in [2.75, 3.05) is 6.54 Å². The van der Waals surface area contributed by atoms with E-state index in [0.717, 1.165) is 6.42 Å². The van der Waals surface area contributed by atoms with Crippen LogP contribution < -0.4 is 5.73 Å². The lowest BCUT2D eigenvalue weighted by Gasteiger charge is -2.06. The molecule has 0 aliphatic heterocycles. The Morgan fingerprint density at radius 2 is 2.07 bits per heavy atom. The van der Waals surface area contributed by atoms with Crippen molar-refractivity contribution in [3.8, 4) is 0 Å². The molecule has 76 valence electrons. The molecule has 0 spiro atoms. The quantitative estimate of drug-likeness (QED) is 0.777. The number of hydrogen-bond donors (Lipinski definition) is 1. The summed E-state index contributed by atoms with van der Waals surface area (Å²) in [5.74, 6) is 0. The second-order valence-corrected chi connectivity index (χ2v) is 3.65. The lowest BCUT2D eigenvalue weighted by Crippen LogP contribution is -2.02. The first-order chi connectivity index (χ1) is 6.69. The van der Waals surface area contributed by atoms with E-state index in [4.69, 9.17) is 5.73 Å². The molecule has 2 N–H and O–H groups in total. The SMILES string of the molecule is CCC(=Cc1cccc(C)c1C)CN. The van der Waals surface area contributed by atoms with E-state index in [9.17, 15) is 0 Å². The van der Waals surface area contributed by atoms with Crippen molar-refractivity contribution in [1.82, 2.24) is 0 Å². The van der Waals surface area contributed by atoms with Crippen molar-refractivity contribution in [1.29, 1.82) is 0 Å². The molecule has 0 saturated heterocycles. The van der Waals surface area contributed by atoms with Gasteiger partial charge in [0, 0.05) is 6.54 Å². The largest absolute Gasteiger partial charge is 0.327 e. The smallest absolute Gasteiger partial charge is 0.0140 e. The molecule has 0 unspecified atom stereocenters. The van der Waals surface area contributed by atoms with Gasteiger partial charge in [0.2, 0.25) is 0 Å². The van der Waals surface area contributed by atoms with Crippen LogP contribution in [0.4, 0.5) is 0 Å². The van der Waals surface area contributed by atoms with Crippen molar-refractivity contribution in [3.63, 3.8) is 0 Å². The topological polar surface area (TPSA) is 26.0 Å². The Balaban J connectivity index is 3.07. The van der Waals surface area contributed by atoms with Crippen molar-refractivity contribution >= 4 is 6.08 Å². The monoisotopic (exact) mass is 189 g/mol. The number of nitrogens with two attached hydrogens (primary N) is 1. The summed E-state index contributed by atoms with van der Waals surface area (Å²) in [6.07, 6.45) is 3.24.